The van der Waals surface area contributed by atoms with Crippen LogP contribution in [0.15, 0.2) is 22.9 Å². The molecule has 3 N–H and O–H groups in total. The Morgan fingerprint density at radius 1 is 1.35 bits per heavy atom. The molecule has 1 fully saturated rings. The minimum atomic E-state index is 0.179. The van der Waals surface area contributed by atoms with Crippen molar-refractivity contribution >= 4 is 12.6 Å². The minimum Gasteiger partial charge on any atom is -0.401 e. The standard InChI is InChI=1S/C16H29N3S/c1-18-10-12-8-13(16(17)15(20)9-12)11-19(2)14-6-4-3-5-7-14/h8,14-15,18,20H,3-7,9-11,17H2,1-2H3. The number of likely N-dealkylation sites (N-methyl/N-ethyl adjacent to an activating group) is 2. The van der Waals surface area contributed by atoms with Gasteiger partial charge in [-0.25, -0.2) is 0 Å². The molecule has 0 aliphatic heterocycles. The summed E-state index contributed by atoms with van der Waals surface area (Å²) in [6.07, 6.45) is 10.1. The van der Waals surface area contributed by atoms with E-state index < -0.39 is 0 Å². The second kappa shape index (κ2) is 7.53. The monoisotopic (exact) mass is 295 g/mol. The maximum absolute atomic E-state index is 6.27. The zero-order valence-corrected chi connectivity index (χ0v) is 13.8. The van der Waals surface area contributed by atoms with Crippen LogP contribution in [0.25, 0.3) is 0 Å². The number of nitrogens with one attached hydrogen (secondary N) is 1. The smallest absolute Gasteiger partial charge is 0.0453 e. The van der Waals surface area contributed by atoms with Gasteiger partial charge < -0.3 is 11.1 Å². The number of rotatable bonds is 5. The molecule has 2 rings (SSSR count). The summed E-state index contributed by atoms with van der Waals surface area (Å²) in [7, 11) is 4.23. The van der Waals surface area contributed by atoms with Crippen LogP contribution in [0.4, 0.5) is 0 Å². The molecule has 0 saturated heterocycles. The average molecular weight is 295 g/mol. The highest BCUT2D eigenvalue weighted by Crippen LogP contribution is 2.27. The summed E-state index contributed by atoms with van der Waals surface area (Å²) < 4.78 is 0. The van der Waals surface area contributed by atoms with E-state index in [-0.39, 0.29) is 5.25 Å². The molecular weight excluding hydrogens is 266 g/mol. The number of nitrogens with two attached hydrogens (primary N) is 1. The zero-order valence-electron chi connectivity index (χ0n) is 12.9. The van der Waals surface area contributed by atoms with Gasteiger partial charge in [0.1, 0.15) is 0 Å². The molecule has 1 atom stereocenters. The topological polar surface area (TPSA) is 41.3 Å². The van der Waals surface area contributed by atoms with Crippen molar-refractivity contribution in [1.82, 2.24) is 10.2 Å². The Morgan fingerprint density at radius 3 is 2.70 bits per heavy atom. The fourth-order valence-corrected chi connectivity index (χ4v) is 3.77. The van der Waals surface area contributed by atoms with Crippen molar-refractivity contribution < 1.29 is 0 Å². The van der Waals surface area contributed by atoms with E-state index in [9.17, 15) is 0 Å². The molecule has 3 nitrogen and oxygen atoms in total. The summed E-state index contributed by atoms with van der Waals surface area (Å²) in [5.74, 6) is 0. The van der Waals surface area contributed by atoms with Crippen molar-refractivity contribution in [3.63, 3.8) is 0 Å². The van der Waals surface area contributed by atoms with E-state index in [1.54, 1.807) is 0 Å². The Kier molecular flexibility index (Phi) is 6.00. The van der Waals surface area contributed by atoms with Gasteiger partial charge in [-0.05, 0) is 38.9 Å². The third kappa shape index (κ3) is 4.03. The van der Waals surface area contributed by atoms with Crippen LogP contribution in [0.3, 0.4) is 0 Å². The molecule has 114 valence electrons. The maximum atomic E-state index is 6.27. The van der Waals surface area contributed by atoms with Crippen LogP contribution in [0.1, 0.15) is 38.5 Å². The summed E-state index contributed by atoms with van der Waals surface area (Å²) in [5, 5.41) is 3.41. The molecule has 0 aromatic rings. The van der Waals surface area contributed by atoms with Gasteiger partial charge in [-0.3, -0.25) is 4.90 Å². The van der Waals surface area contributed by atoms with Crippen LogP contribution in [0.5, 0.6) is 0 Å². The van der Waals surface area contributed by atoms with Crippen LogP contribution in [0, 0.1) is 0 Å². The molecule has 0 radical (unpaired) electrons. The Balaban J connectivity index is 2.03. The highest BCUT2D eigenvalue weighted by Gasteiger charge is 2.23. The Hall–Kier alpha value is -0.450. The van der Waals surface area contributed by atoms with Crippen LogP contribution < -0.4 is 11.1 Å². The number of hydrogen-bond acceptors (Lipinski definition) is 4. The molecule has 0 amide bonds. The largest absolute Gasteiger partial charge is 0.401 e. The van der Waals surface area contributed by atoms with E-state index in [0.29, 0.717) is 0 Å². The van der Waals surface area contributed by atoms with Crippen molar-refractivity contribution in [3.8, 4) is 0 Å². The summed E-state index contributed by atoms with van der Waals surface area (Å²) in [6.45, 7) is 1.89. The zero-order chi connectivity index (χ0) is 14.5. The maximum Gasteiger partial charge on any atom is 0.0453 e. The lowest BCUT2D eigenvalue weighted by Crippen LogP contribution is -2.36. The Morgan fingerprint density at radius 2 is 2.05 bits per heavy atom. The van der Waals surface area contributed by atoms with E-state index in [1.807, 2.05) is 7.05 Å². The van der Waals surface area contributed by atoms with Crippen molar-refractivity contribution in [2.75, 3.05) is 27.2 Å². The number of thiol groups is 1. The van der Waals surface area contributed by atoms with Gasteiger partial charge in [-0.15, -0.1) is 0 Å². The normalized spacial score (nSPS) is 25.2. The van der Waals surface area contributed by atoms with E-state index in [1.165, 1.54) is 43.3 Å². The lowest BCUT2D eigenvalue weighted by molar-refractivity contribution is 0.206. The van der Waals surface area contributed by atoms with Crippen LogP contribution in [-0.4, -0.2) is 43.4 Å². The summed E-state index contributed by atoms with van der Waals surface area (Å²) in [6, 6.07) is 0.727. The van der Waals surface area contributed by atoms with Gasteiger partial charge in [0.05, 0.1) is 0 Å². The van der Waals surface area contributed by atoms with E-state index >= 15 is 0 Å². The first-order valence-electron chi connectivity index (χ1n) is 7.82. The van der Waals surface area contributed by atoms with Crippen LogP contribution >= 0.6 is 12.6 Å². The van der Waals surface area contributed by atoms with Crippen molar-refractivity contribution in [2.24, 2.45) is 5.73 Å². The van der Waals surface area contributed by atoms with Crippen molar-refractivity contribution in [3.05, 3.63) is 22.9 Å². The lowest BCUT2D eigenvalue weighted by Gasteiger charge is -2.33. The van der Waals surface area contributed by atoms with Gasteiger partial charge in [-0.2, -0.15) is 12.6 Å². The van der Waals surface area contributed by atoms with E-state index in [0.717, 1.165) is 31.2 Å². The predicted molar refractivity (Wildman–Crippen MR) is 90.1 cm³/mol. The highest BCUT2D eigenvalue weighted by molar-refractivity contribution is 7.81. The van der Waals surface area contributed by atoms with Gasteiger partial charge in [0.25, 0.3) is 0 Å². The first-order valence-corrected chi connectivity index (χ1v) is 8.34. The molecule has 0 bridgehead atoms. The van der Waals surface area contributed by atoms with Gasteiger partial charge in [0.2, 0.25) is 0 Å². The summed E-state index contributed by atoms with van der Waals surface area (Å²) >= 11 is 4.65. The predicted octanol–water partition coefficient (Wildman–Crippen LogP) is 2.31. The Bertz CT molecular complexity index is 383. The molecule has 2 aliphatic carbocycles. The summed E-state index contributed by atoms with van der Waals surface area (Å²) in [5.41, 5.74) is 9.92. The van der Waals surface area contributed by atoms with Gasteiger partial charge in [0, 0.05) is 30.1 Å². The second-order valence-electron chi connectivity index (χ2n) is 6.24. The van der Waals surface area contributed by atoms with E-state index in [4.69, 9.17) is 5.73 Å². The number of nitrogens with zero attached hydrogens (tertiary/aromatic N) is 1. The van der Waals surface area contributed by atoms with Crippen molar-refractivity contribution in [2.45, 2.75) is 49.8 Å². The van der Waals surface area contributed by atoms with Gasteiger partial charge >= 0.3 is 0 Å². The molecule has 1 unspecified atom stereocenters. The quantitative estimate of drug-likeness (QED) is 0.682. The molecule has 2 aliphatic rings. The fourth-order valence-electron chi connectivity index (χ4n) is 3.37. The first-order chi connectivity index (χ1) is 9.61. The highest BCUT2D eigenvalue weighted by atomic mass is 32.1. The minimum absolute atomic E-state index is 0.179. The van der Waals surface area contributed by atoms with Gasteiger partial charge in [0.15, 0.2) is 0 Å². The second-order valence-corrected chi connectivity index (χ2v) is 6.86. The molecule has 1 saturated carbocycles. The summed E-state index contributed by atoms with van der Waals surface area (Å²) in [4.78, 5) is 2.49. The van der Waals surface area contributed by atoms with Crippen LogP contribution in [0.2, 0.25) is 0 Å². The van der Waals surface area contributed by atoms with Gasteiger partial charge in [-0.1, -0.05) is 30.9 Å². The molecule has 0 aromatic carbocycles. The fraction of sp³-hybridized carbons (Fsp3) is 0.750. The lowest BCUT2D eigenvalue weighted by atomic mass is 9.92. The molecule has 0 spiro atoms. The van der Waals surface area contributed by atoms with Crippen molar-refractivity contribution in [1.29, 1.82) is 0 Å². The Labute approximate surface area is 129 Å². The molecule has 4 heteroatoms. The third-order valence-corrected chi connectivity index (χ3v) is 5.05. The third-order valence-electron chi connectivity index (χ3n) is 4.59. The molecule has 0 aromatic heterocycles. The molecular formula is C16H29N3S. The molecule has 20 heavy (non-hydrogen) atoms. The SMILES string of the molecule is CNCC1=CC(CN(C)C2CCCCC2)=C(N)C(S)C1. The molecule has 0 heterocycles. The average Bonchev–Trinajstić information content (AvgIpc) is 2.45. The first kappa shape index (κ1) is 15.9. The van der Waals surface area contributed by atoms with Crippen LogP contribution in [-0.2, 0) is 0 Å². The number of hydrogen-bond donors (Lipinski definition) is 3. The van der Waals surface area contributed by atoms with E-state index in [2.05, 4.69) is 36.0 Å².